The van der Waals surface area contributed by atoms with E-state index in [4.69, 9.17) is 5.73 Å². The Kier molecular flexibility index (Phi) is 2.52. The van der Waals surface area contributed by atoms with Crippen molar-refractivity contribution in [2.75, 3.05) is 5.73 Å². The maximum Gasteiger partial charge on any atom is 0.124 e. The van der Waals surface area contributed by atoms with Crippen LogP contribution in [0.1, 0.15) is 25.3 Å². The first-order valence-electron chi connectivity index (χ1n) is 4.03. The zero-order valence-corrected chi connectivity index (χ0v) is 7.17. The summed E-state index contributed by atoms with van der Waals surface area (Å²) in [4.78, 5) is 0. The number of hydrogen-bond donors (Lipinski definition) is 1. The molecule has 11 heavy (non-hydrogen) atoms. The number of aryl methyl sites for hydroxylation is 2. The molecule has 1 heterocycles. The second-order valence-corrected chi connectivity index (χ2v) is 2.79. The van der Waals surface area contributed by atoms with Crippen LogP contribution in [0, 0.1) is 6.92 Å². The van der Waals surface area contributed by atoms with Crippen molar-refractivity contribution in [3.05, 3.63) is 11.8 Å². The Balaban J connectivity index is 2.63. The lowest BCUT2D eigenvalue weighted by molar-refractivity contribution is 0.579. The van der Waals surface area contributed by atoms with Crippen molar-refractivity contribution in [2.24, 2.45) is 0 Å². The highest BCUT2D eigenvalue weighted by Crippen LogP contribution is 2.09. The number of nitrogen functional groups attached to an aromatic ring is 1. The van der Waals surface area contributed by atoms with Gasteiger partial charge in [0.25, 0.3) is 0 Å². The standard InChI is InChI=1S/C8H15N3/c1-3-4-5-11-8(9)7(2)6-10-11/h6H,3-5,9H2,1-2H3. The lowest BCUT2D eigenvalue weighted by Crippen LogP contribution is -2.04. The van der Waals surface area contributed by atoms with E-state index in [0.29, 0.717) is 0 Å². The Morgan fingerprint density at radius 2 is 2.36 bits per heavy atom. The number of nitrogens with zero attached hydrogens (tertiary/aromatic N) is 2. The molecule has 0 unspecified atom stereocenters. The molecule has 0 aliphatic carbocycles. The zero-order valence-electron chi connectivity index (χ0n) is 7.17. The Morgan fingerprint density at radius 3 is 2.82 bits per heavy atom. The molecule has 0 spiro atoms. The topological polar surface area (TPSA) is 43.8 Å². The van der Waals surface area contributed by atoms with Crippen molar-refractivity contribution >= 4 is 5.82 Å². The summed E-state index contributed by atoms with van der Waals surface area (Å²) in [5.41, 5.74) is 6.81. The van der Waals surface area contributed by atoms with E-state index in [1.165, 1.54) is 6.42 Å². The SMILES string of the molecule is CCCCn1ncc(C)c1N. The van der Waals surface area contributed by atoms with E-state index in [9.17, 15) is 0 Å². The highest BCUT2D eigenvalue weighted by atomic mass is 15.3. The molecule has 1 aromatic rings. The van der Waals surface area contributed by atoms with E-state index in [1.807, 2.05) is 17.8 Å². The molecule has 0 aliphatic heterocycles. The van der Waals surface area contributed by atoms with E-state index in [1.54, 1.807) is 0 Å². The van der Waals surface area contributed by atoms with E-state index < -0.39 is 0 Å². The Labute approximate surface area is 67.2 Å². The molecular formula is C8H15N3. The smallest absolute Gasteiger partial charge is 0.124 e. The molecule has 62 valence electrons. The minimum Gasteiger partial charge on any atom is -0.384 e. The van der Waals surface area contributed by atoms with Gasteiger partial charge < -0.3 is 5.73 Å². The maximum atomic E-state index is 5.74. The van der Waals surface area contributed by atoms with E-state index in [2.05, 4.69) is 12.0 Å². The highest BCUT2D eigenvalue weighted by Gasteiger charge is 2.00. The number of hydrogen-bond acceptors (Lipinski definition) is 2. The van der Waals surface area contributed by atoms with Gasteiger partial charge in [0, 0.05) is 12.1 Å². The van der Waals surface area contributed by atoms with Crippen LogP contribution in [-0.2, 0) is 6.54 Å². The molecule has 1 aromatic heterocycles. The van der Waals surface area contributed by atoms with Crippen LogP contribution in [0.3, 0.4) is 0 Å². The van der Waals surface area contributed by atoms with Gasteiger partial charge in [-0.25, -0.2) is 4.68 Å². The summed E-state index contributed by atoms with van der Waals surface area (Å²) in [6, 6.07) is 0. The molecular weight excluding hydrogens is 138 g/mol. The summed E-state index contributed by atoms with van der Waals surface area (Å²) in [6.45, 7) is 5.08. The van der Waals surface area contributed by atoms with E-state index in [-0.39, 0.29) is 0 Å². The average Bonchev–Trinajstić information content (AvgIpc) is 2.31. The second-order valence-electron chi connectivity index (χ2n) is 2.79. The minimum absolute atomic E-state index is 0.804. The molecule has 3 nitrogen and oxygen atoms in total. The van der Waals surface area contributed by atoms with Gasteiger partial charge in [-0.15, -0.1) is 0 Å². The fourth-order valence-corrected chi connectivity index (χ4v) is 0.974. The molecule has 2 N–H and O–H groups in total. The van der Waals surface area contributed by atoms with E-state index in [0.717, 1.165) is 24.3 Å². The van der Waals surface area contributed by atoms with Crippen LogP contribution in [-0.4, -0.2) is 9.78 Å². The normalized spacial score (nSPS) is 10.4. The molecule has 0 radical (unpaired) electrons. The van der Waals surface area contributed by atoms with Crippen LogP contribution < -0.4 is 5.73 Å². The molecule has 0 bridgehead atoms. The van der Waals surface area contributed by atoms with Gasteiger partial charge in [0.1, 0.15) is 5.82 Å². The molecule has 0 amide bonds. The van der Waals surface area contributed by atoms with Crippen LogP contribution >= 0.6 is 0 Å². The van der Waals surface area contributed by atoms with Crippen LogP contribution in [0.4, 0.5) is 5.82 Å². The predicted molar refractivity (Wildman–Crippen MR) is 46.3 cm³/mol. The quantitative estimate of drug-likeness (QED) is 0.716. The molecule has 0 saturated heterocycles. The third kappa shape index (κ3) is 1.73. The van der Waals surface area contributed by atoms with Crippen molar-refractivity contribution < 1.29 is 0 Å². The van der Waals surface area contributed by atoms with Crippen molar-refractivity contribution in [2.45, 2.75) is 33.2 Å². The first kappa shape index (κ1) is 8.11. The van der Waals surface area contributed by atoms with Gasteiger partial charge >= 0.3 is 0 Å². The number of unbranched alkanes of at least 4 members (excludes halogenated alkanes) is 1. The zero-order chi connectivity index (χ0) is 8.27. The minimum atomic E-state index is 0.804. The Hall–Kier alpha value is -0.990. The predicted octanol–water partition coefficient (Wildman–Crippen LogP) is 1.57. The molecule has 0 aliphatic rings. The third-order valence-electron chi connectivity index (χ3n) is 1.80. The van der Waals surface area contributed by atoms with Gasteiger partial charge in [-0.3, -0.25) is 0 Å². The van der Waals surface area contributed by atoms with Crippen molar-refractivity contribution in [1.29, 1.82) is 0 Å². The van der Waals surface area contributed by atoms with Gasteiger partial charge in [-0.05, 0) is 13.3 Å². The molecule has 1 rings (SSSR count). The number of aromatic nitrogens is 2. The monoisotopic (exact) mass is 153 g/mol. The van der Waals surface area contributed by atoms with Crippen LogP contribution in [0.25, 0.3) is 0 Å². The number of nitrogens with two attached hydrogens (primary N) is 1. The van der Waals surface area contributed by atoms with Gasteiger partial charge in [0.15, 0.2) is 0 Å². The fourth-order valence-electron chi connectivity index (χ4n) is 0.974. The molecule has 0 saturated carbocycles. The summed E-state index contributed by atoms with van der Waals surface area (Å²) in [5, 5.41) is 4.14. The van der Waals surface area contributed by atoms with Crippen LogP contribution in [0.15, 0.2) is 6.20 Å². The van der Waals surface area contributed by atoms with Crippen LogP contribution in [0.5, 0.6) is 0 Å². The lowest BCUT2D eigenvalue weighted by Gasteiger charge is -2.01. The van der Waals surface area contributed by atoms with Crippen LogP contribution in [0.2, 0.25) is 0 Å². The average molecular weight is 153 g/mol. The van der Waals surface area contributed by atoms with Gasteiger partial charge in [0.05, 0.1) is 6.20 Å². The summed E-state index contributed by atoms with van der Waals surface area (Å²) in [5.74, 6) is 0.804. The van der Waals surface area contributed by atoms with E-state index >= 15 is 0 Å². The largest absolute Gasteiger partial charge is 0.384 e. The third-order valence-corrected chi connectivity index (χ3v) is 1.80. The fraction of sp³-hybridized carbons (Fsp3) is 0.625. The maximum absolute atomic E-state index is 5.74. The van der Waals surface area contributed by atoms with Gasteiger partial charge in [-0.1, -0.05) is 13.3 Å². The highest BCUT2D eigenvalue weighted by molar-refractivity contribution is 5.36. The summed E-state index contributed by atoms with van der Waals surface area (Å²) < 4.78 is 1.86. The summed E-state index contributed by atoms with van der Waals surface area (Å²) in [6.07, 6.45) is 4.13. The first-order valence-corrected chi connectivity index (χ1v) is 4.03. The van der Waals surface area contributed by atoms with Crippen molar-refractivity contribution in [1.82, 2.24) is 9.78 Å². The molecule has 0 atom stereocenters. The number of rotatable bonds is 3. The summed E-state index contributed by atoms with van der Waals surface area (Å²) in [7, 11) is 0. The number of anilines is 1. The Bertz CT molecular complexity index is 227. The lowest BCUT2D eigenvalue weighted by atomic mass is 10.3. The van der Waals surface area contributed by atoms with Crippen molar-refractivity contribution in [3.63, 3.8) is 0 Å². The molecule has 0 aromatic carbocycles. The summed E-state index contributed by atoms with van der Waals surface area (Å²) >= 11 is 0. The van der Waals surface area contributed by atoms with Gasteiger partial charge in [0.2, 0.25) is 0 Å². The Morgan fingerprint density at radius 1 is 1.64 bits per heavy atom. The first-order chi connectivity index (χ1) is 5.25. The van der Waals surface area contributed by atoms with Gasteiger partial charge in [-0.2, -0.15) is 5.10 Å². The second kappa shape index (κ2) is 3.42. The van der Waals surface area contributed by atoms with Crippen molar-refractivity contribution in [3.8, 4) is 0 Å². The molecule has 3 heteroatoms. The molecule has 0 fully saturated rings.